The first-order valence-electron chi connectivity index (χ1n) is 9.51. The summed E-state index contributed by atoms with van der Waals surface area (Å²) in [5, 5.41) is 3.13. The van der Waals surface area contributed by atoms with Gasteiger partial charge in [-0.3, -0.25) is 4.79 Å². The van der Waals surface area contributed by atoms with E-state index in [4.69, 9.17) is 0 Å². The first-order chi connectivity index (χ1) is 13.8. The van der Waals surface area contributed by atoms with Crippen molar-refractivity contribution in [2.45, 2.75) is 24.4 Å². The Labute approximate surface area is 168 Å². The summed E-state index contributed by atoms with van der Waals surface area (Å²) in [4.78, 5) is 19.7. The number of hydrogen-bond donors (Lipinski definition) is 1. The van der Waals surface area contributed by atoms with Crippen LogP contribution in [0.3, 0.4) is 0 Å². The van der Waals surface area contributed by atoms with E-state index in [9.17, 15) is 4.79 Å². The van der Waals surface area contributed by atoms with Crippen LogP contribution in [-0.4, -0.2) is 15.7 Å². The van der Waals surface area contributed by atoms with E-state index in [0.29, 0.717) is 11.6 Å². The standard InChI is InChI=1S/C24H22N2OS/c27-23-17-21(16-20-13-6-12-19-11-4-5-14-22(19)20)25-24(26-23)28-15-7-10-18-8-2-1-3-9-18/h1-6,8-9,11-14,17H,7,10,15-16H2,(H,25,26,27). The van der Waals surface area contributed by atoms with Gasteiger partial charge in [-0.05, 0) is 34.7 Å². The minimum atomic E-state index is -0.0872. The van der Waals surface area contributed by atoms with Gasteiger partial charge in [0.25, 0.3) is 5.56 Å². The van der Waals surface area contributed by atoms with Crippen LogP contribution in [0.2, 0.25) is 0 Å². The molecule has 4 aromatic rings. The zero-order valence-corrected chi connectivity index (χ0v) is 16.4. The van der Waals surface area contributed by atoms with Crippen molar-refractivity contribution in [3.05, 3.63) is 106 Å². The molecule has 0 amide bonds. The van der Waals surface area contributed by atoms with Crippen molar-refractivity contribution in [3.8, 4) is 0 Å². The van der Waals surface area contributed by atoms with Crippen molar-refractivity contribution >= 4 is 22.5 Å². The van der Waals surface area contributed by atoms with Crippen molar-refractivity contribution in [2.24, 2.45) is 0 Å². The Morgan fingerprint density at radius 1 is 0.893 bits per heavy atom. The molecule has 0 atom stereocenters. The molecule has 0 aliphatic rings. The fourth-order valence-corrected chi connectivity index (χ4v) is 4.21. The molecule has 28 heavy (non-hydrogen) atoms. The molecule has 1 aromatic heterocycles. The summed E-state index contributed by atoms with van der Waals surface area (Å²) in [7, 11) is 0. The molecule has 0 saturated heterocycles. The molecule has 1 N–H and O–H groups in total. The number of rotatable bonds is 7. The maximum absolute atomic E-state index is 12.1. The smallest absolute Gasteiger partial charge is 0.251 e. The minimum absolute atomic E-state index is 0.0872. The van der Waals surface area contributed by atoms with Gasteiger partial charge < -0.3 is 4.98 Å². The summed E-state index contributed by atoms with van der Waals surface area (Å²) in [6, 6.07) is 26.7. The molecule has 1 heterocycles. The first-order valence-corrected chi connectivity index (χ1v) is 10.5. The van der Waals surface area contributed by atoms with Gasteiger partial charge in [0.2, 0.25) is 0 Å². The lowest BCUT2D eigenvalue weighted by atomic mass is 10.0. The zero-order chi connectivity index (χ0) is 19.2. The maximum Gasteiger partial charge on any atom is 0.251 e. The summed E-state index contributed by atoms with van der Waals surface area (Å²) in [5.74, 6) is 0.926. The number of thioether (sulfide) groups is 1. The topological polar surface area (TPSA) is 45.8 Å². The molecule has 0 aliphatic carbocycles. The van der Waals surface area contributed by atoms with Gasteiger partial charge in [-0.1, -0.05) is 84.6 Å². The quantitative estimate of drug-likeness (QED) is 0.268. The van der Waals surface area contributed by atoms with Gasteiger partial charge in [0.1, 0.15) is 0 Å². The lowest BCUT2D eigenvalue weighted by molar-refractivity contribution is 0.873. The van der Waals surface area contributed by atoms with Crippen LogP contribution in [0.25, 0.3) is 10.8 Å². The third-order valence-corrected chi connectivity index (χ3v) is 5.68. The van der Waals surface area contributed by atoms with Crippen molar-refractivity contribution < 1.29 is 0 Å². The Bertz CT molecular complexity index is 1120. The zero-order valence-electron chi connectivity index (χ0n) is 15.6. The van der Waals surface area contributed by atoms with Crippen LogP contribution in [-0.2, 0) is 12.8 Å². The van der Waals surface area contributed by atoms with Crippen molar-refractivity contribution in [3.63, 3.8) is 0 Å². The van der Waals surface area contributed by atoms with Gasteiger partial charge in [-0.15, -0.1) is 0 Å². The van der Waals surface area contributed by atoms with Gasteiger partial charge in [0, 0.05) is 18.2 Å². The van der Waals surface area contributed by atoms with Gasteiger partial charge in [0.05, 0.1) is 5.69 Å². The van der Waals surface area contributed by atoms with E-state index in [1.807, 2.05) is 18.2 Å². The van der Waals surface area contributed by atoms with Crippen molar-refractivity contribution in [1.29, 1.82) is 0 Å². The van der Waals surface area contributed by atoms with Crippen molar-refractivity contribution in [1.82, 2.24) is 9.97 Å². The molecule has 3 aromatic carbocycles. The molecule has 0 unspecified atom stereocenters. The van der Waals surface area contributed by atoms with E-state index < -0.39 is 0 Å². The summed E-state index contributed by atoms with van der Waals surface area (Å²) in [6.07, 6.45) is 2.74. The van der Waals surface area contributed by atoms with Gasteiger partial charge >= 0.3 is 0 Å². The number of aromatic amines is 1. The highest BCUT2D eigenvalue weighted by molar-refractivity contribution is 7.99. The molecule has 140 valence electrons. The third-order valence-electron chi connectivity index (χ3n) is 4.72. The SMILES string of the molecule is O=c1cc(Cc2cccc3ccccc23)nc(SCCCc2ccccc2)[nH]1. The maximum atomic E-state index is 12.1. The number of aryl methyl sites for hydroxylation is 1. The molecule has 3 nitrogen and oxygen atoms in total. The van der Waals surface area contributed by atoms with Crippen LogP contribution in [0.1, 0.15) is 23.2 Å². The van der Waals surface area contributed by atoms with E-state index in [-0.39, 0.29) is 5.56 Å². The number of nitrogens with zero attached hydrogens (tertiary/aromatic N) is 1. The molecule has 0 saturated carbocycles. The number of hydrogen-bond acceptors (Lipinski definition) is 3. The Balaban J connectivity index is 1.44. The van der Waals surface area contributed by atoms with Crippen LogP contribution < -0.4 is 5.56 Å². The van der Waals surface area contributed by atoms with Gasteiger partial charge in [-0.2, -0.15) is 0 Å². The van der Waals surface area contributed by atoms with Crippen LogP contribution >= 0.6 is 11.8 Å². The molecule has 0 bridgehead atoms. The number of aromatic nitrogens is 2. The summed E-state index contributed by atoms with van der Waals surface area (Å²) >= 11 is 1.62. The van der Waals surface area contributed by atoms with Gasteiger partial charge in [0.15, 0.2) is 5.16 Å². The normalized spacial score (nSPS) is 11.0. The van der Waals surface area contributed by atoms with E-state index >= 15 is 0 Å². The number of fused-ring (bicyclic) bond motifs is 1. The molecule has 0 radical (unpaired) electrons. The highest BCUT2D eigenvalue weighted by Crippen LogP contribution is 2.21. The Hall–Kier alpha value is -2.85. The van der Waals surface area contributed by atoms with E-state index in [1.165, 1.54) is 21.9 Å². The fourth-order valence-electron chi connectivity index (χ4n) is 3.37. The lowest BCUT2D eigenvalue weighted by Gasteiger charge is -2.07. The molecule has 4 heteroatoms. The number of nitrogens with one attached hydrogen (secondary N) is 1. The van der Waals surface area contributed by atoms with E-state index in [0.717, 1.165) is 24.3 Å². The highest BCUT2D eigenvalue weighted by Gasteiger charge is 2.06. The predicted molar refractivity (Wildman–Crippen MR) is 117 cm³/mol. The Morgan fingerprint density at radius 3 is 2.57 bits per heavy atom. The highest BCUT2D eigenvalue weighted by atomic mass is 32.2. The molecular weight excluding hydrogens is 364 g/mol. The third kappa shape index (κ3) is 4.70. The van der Waals surface area contributed by atoms with Crippen LogP contribution in [0.5, 0.6) is 0 Å². The Kier molecular flexibility index (Phi) is 5.88. The van der Waals surface area contributed by atoms with Crippen LogP contribution in [0, 0.1) is 0 Å². The average Bonchev–Trinajstić information content (AvgIpc) is 2.72. The molecule has 0 spiro atoms. The second kappa shape index (κ2) is 8.89. The Morgan fingerprint density at radius 2 is 1.68 bits per heavy atom. The van der Waals surface area contributed by atoms with E-state index in [1.54, 1.807) is 17.8 Å². The average molecular weight is 387 g/mol. The number of H-pyrrole nitrogens is 1. The summed E-state index contributed by atoms with van der Waals surface area (Å²) in [6.45, 7) is 0. The van der Waals surface area contributed by atoms with E-state index in [2.05, 4.69) is 64.6 Å². The molecular formula is C24H22N2OS. The molecule has 0 fully saturated rings. The minimum Gasteiger partial charge on any atom is -0.301 e. The first kappa shape index (κ1) is 18.5. The summed E-state index contributed by atoms with van der Waals surface area (Å²) in [5.41, 5.74) is 3.26. The molecule has 4 rings (SSSR count). The predicted octanol–water partition coefficient (Wildman–Crippen LogP) is 5.24. The molecule has 0 aliphatic heterocycles. The second-order valence-corrected chi connectivity index (χ2v) is 7.88. The monoisotopic (exact) mass is 386 g/mol. The second-order valence-electron chi connectivity index (χ2n) is 6.79. The largest absolute Gasteiger partial charge is 0.301 e. The summed E-state index contributed by atoms with van der Waals surface area (Å²) < 4.78 is 0. The number of benzene rings is 3. The van der Waals surface area contributed by atoms with Gasteiger partial charge in [-0.25, -0.2) is 4.98 Å². The van der Waals surface area contributed by atoms with Crippen LogP contribution in [0.4, 0.5) is 0 Å². The van der Waals surface area contributed by atoms with Crippen molar-refractivity contribution in [2.75, 3.05) is 5.75 Å². The fraction of sp³-hybridized carbons (Fsp3) is 0.167. The van der Waals surface area contributed by atoms with Crippen LogP contribution in [0.15, 0.2) is 88.8 Å². The lowest BCUT2D eigenvalue weighted by Crippen LogP contribution is -2.10.